The van der Waals surface area contributed by atoms with Crippen molar-refractivity contribution in [2.75, 3.05) is 34.2 Å². The van der Waals surface area contributed by atoms with Crippen LogP contribution in [0.3, 0.4) is 0 Å². The van der Waals surface area contributed by atoms with Gasteiger partial charge in [-0.3, -0.25) is 0 Å². The Morgan fingerprint density at radius 3 is 2.37 bits per heavy atom. The molecule has 108 valence electrons. The Kier molecular flexibility index (Phi) is 5.76. The van der Waals surface area contributed by atoms with Crippen LogP contribution < -0.4 is 0 Å². The molecule has 0 saturated heterocycles. The number of benzene rings is 1. The molecule has 0 aliphatic heterocycles. The van der Waals surface area contributed by atoms with E-state index < -0.39 is 10.0 Å². The lowest BCUT2D eigenvalue weighted by atomic mass is 10.2. The molecule has 19 heavy (non-hydrogen) atoms. The second-order valence-corrected chi connectivity index (χ2v) is 6.99. The van der Waals surface area contributed by atoms with Gasteiger partial charge in [0, 0.05) is 25.2 Å². The van der Waals surface area contributed by atoms with Gasteiger partial charge in [-0.05, 0) is 37.9 Å². The number of nitrogens with zero attached hydrogens (tertiary/aromatic N) is 2. The highest BCUT2D eigenvalue weighted by molar-refractivity contribution is 7.89. The number of hydrogen-bond acceptors (Lipinski definition) is 4. The molecule has 0 heterocycles. The number of hydrogen-bond donors (Lipinski definition) is 1. The standard InChI is InChI=1S/C12H19ClN2O3S/c1-14(2)6-7-15(3)19(17,18)11-4-5-12(13)10(8-11)9-16/h4-5,8,16H,6-7,9H2,1-3H3. The van der Waals surface area contributed by atoms with Crippen LogP contribution in [0.4, 0.5) is 0 Å². The van der Waals surface area contributed by atoms with Crippen LogP contribution in [0.5, 0.6) is 0 Å². The maximum absolute atomic E-state index is 12.3. The van der Waals surface area contributed by atoms with Crippen LogP contribution in [0.15, 0.2) is 23.1 Å². The molecule has 0 aromatic heterocycles. The van der Waals surface area contributed by atoms with E-state index in [4.69, 9.17) is 16.7 Å². The number of halogens is 1. The van der Waals surface area contributed by atoms with Gasteiger partial charge in [0.05, 0.1) is 11.5 Å². The van der Waals surface area contributed by atoms with Crippen molar-refractivity contribution in [1.82, 2.24) is 9.21 Å². The monoisotopic (exact) mass is 306 g/mol. The third-order valence-electron chi connectivity index (χ3n) is 2.76. The molecule has 0 aliphatic carbocycles. The van der Waals surface area contributed by atoms with Crippen LogP contribution >= 0.6 is 11.6 Å². The zero-order valence-corrected chi connectivity index (χ0v) is 12.9. The van der Waals surface area contributed by atoms with Crippen LogP contribution in [0.1, 0.15) is 5.56 Å². The number of rotatable bonds is 6. The van der Waals surface area contributed by atoms with Gasteiger partial charge in [-0.25, -0.2) is 8.42 Å². The third kappa shape index (κ3) is 4.15. The molecule has 0 atom stereocenters. The molecule has 0 unspecified atom stereocenters. The lowest BCUT2D eigenvalue weighted by Gasteiger charge is -2.19. The van der Waals surface area contributed by atoms with Crippen molar-refractivity contribution in [3.8, 4) is 0 Å². The fourth-order valence-electron chi connectivity index (χ4n) is 1.47. The van der Waals surface area contributed by atoms with E-state index in [0.29, 0.717) is 23.7 Å². The molecule has 1 rings (SSSR count). The summed E-state index contributed by atoms with van der Waals surface area (Å²) < 4.78 is 25.9. The lowest BCUT2D eigenvalue weighted by Crippen LogP contribution is -2.33. The Bertz CT molecular complexity index is 532. The molecule has 0 aliphatic rings. The minimum atomic E-state index is -3.55. The Labute approximate surface area is 119 Å². The summed E-state index contributed by atoms with van der Waals surface area (Å²) >= 11 is 5.85. The van der Waals surface area contributed by atoms with Gasteiger partial charge in [-0.2, -0.15) is 4.31 Å². The molecular weight excluding hydrogens is 288 g/mol. The zero-order chi connectivity index (χ0) is 14.6. The highest BCUT2D eigenvalue weighted by atomic mass is 35.5. The smallest absolute Gasteiger partial charge is 0.242 e. The van der Waals surface area contributed by atoms with E-state index in [-0.39, 0.29) is 11.5 Å². The van der Waals surface area contributed by atoms with E-state index in [0.717, 1.165) is 0 Å². The predicted molar refractivity (Wildman–Crippen MR) is 75.7 cm³/mol. The molecule has 0 saturated carbocycles. The molecule has 0 fully saturated rings. The lowest BCUT2D eigenvalue weighted by molar-refractivity contribution is 0.281. The number of aliphatic hydroxyl groups excluding tert-OH is 1. The van der Waals surface area contributed by atoms with E-state index in [9.17, 15) is 8.42 Å². The van der Waals surface area contributed by atoms with Gasteiger partial charge in [0.15, 0.2) is 0 Å². The Hall–Kier alpha value is -0.660. The van der Waals surface area contributed by atoms with E-state index in [1.807, 2.05) is 19.0 Å². The fraction of sp³-hybridized carbons (Fsp3) is 0.500. The SMILES string of the molecule is CN(C)CCN(C)S(=O)(=O)c1ccc(Cl)c(CO)c1. The summed E-state index contributed by atoms with van der Waals surface area (Å²) in [5.74, 6) is 0. The highest BCUT2D eigenvalue weighted by Gasteiger charge is 2.21. The summed E-state index contributed by atoms with van der Waals surface area (Å²) in [4.78, 5) is 2.05. The maximum Gasteiger partial charge on any atom is 0.242 e. The van der Waals surface area contributed by atoms with E-state index in [1.54, 1.807) is 0 Å². The summed E-state index contributed by atoms with van der Waals surface area (Å²) in [6.45, 7) is 0.742. The number of sulfonamides is 1. The minimum Gasteiger partial charge on any atom is -0.392 e. The van der Waals surface area contributed by atoms with Gasteiger partial charge in [-0.1, -0.05) is 11.6 Å². The quantitative estimate of drug-likeness (QED) is 0.852. The Balaban J connectivity index is 2.99. The number of aliphatic hydroxyl groups is 1. The first-order chi connectivity index (χ1) is 8.78. The normalized spacial score (nSPS) is 12.4. The van der Waals surface area contributed by atoms with Gasteiger partial charge in [0.1, 0.15) is 0 Å². The van der Waals surface area contributed by atoms with Crippen LogP contribution in [0, 0.1) is 0 Å². The first-order valence-electron chi connectivity index (χ1n) is 5.79. The second-order valence-electron chi connectivity index (χ2n) is 4.54. The second kappa shape index (κ2) is 6.67. The summed E-state index contributed by atoms with van der Waals surface area (Å²) in [5.41, 5.74) is 0.406. The highest BCUT2D eigenvalue weighted by Crippen LogP contribution is 2.22. The van der Waals surface area contributed by atoms with Crippen molar-refractivity contribution in [2.24, 2.45) is 0 Å². The first kappa shape index (κ1) is 16.4. The van der Waals surface area contributed by atoms with Crippen molar-refractivity contribution in [3.05, 3.63) is 28.8 Å². The molecule has 0 radical (unpaired) electrons. The first-order valence-corrected chi connectivity index (χ1v) is 7.61. The molecule has 0 spiro atoms. The number of likely N-dealkylation sites (N-methyl/N-ethyl adjacent to an activating group) is 2. The molecule has 7 heteroatoms. The summed E-state index contributed by atoms with van der Waals surface area (Å²) in [6, 6.07) is 4.34. The molecular formula is C12H19ClN2O3S. The van der Waals surface area contributed by atoms with Crippen LogP contribution in [-0.2, 0) is 16.6 Å². The molecule has 5 nitrogen and oxygen atoms in total. The largest absolute Gasteiger partial charge is 0.392 e. The van der Waals surface area contributed by atoms with E-state index in [2.05, 4.69) is 0 Å². The molecule has 1 N–H and O–H groups in total. The molecule has 1 aromatic carbocycles. The average molecular weight is 307 g/mol. The van der Waals surface area contributed by atoms with Gasteiger partial charge in [-0.15, -0.1) is 0 Å². The van der Waals surface area contributed by atoms with Crippen molar-refractivity contribution in [3.63, 3.8) is 0 Å². The third-order valence-corrected chi connectivity index (χ3v) is 4.98. The molecule has 1 aromatic rings. The molecule has 0 amide bonds. The van der Waals surface area contributed by atoms with Crippen LogP contribution in [0.2, 0.25) is 5.02 Å². The van der Waals surface area contributed by atoms with Gasteiger partial charge in [0.25, 0.3) is 0 Å². The topological polar surface area (TPSA) is 60.9 Å². The molecule has 0 bridgehead atoms. The Morgan fingerprint density at radius 2 is 1.84 bits per heavy atom. The van der Waals surface area contributed by atoms with E-state index in [1.165, 1.54) is 29.6 Å². The van der Waals surface area contributed by atoms with Gasteiger partial charge < -0.3 is 10.0 Å². The van der Waals surface area contributed by atoms with Crippen molar-refractivity contribution < 1.29 is 13.5 Å². The van der Waals surface area contributed by atoms with Gasteiger partial charge in [0.2, 0.25) is 10.0 Å². The van der Waals surface area contributed by atoms with Crippen LogP contribution in [0.25, 0.3) is 0 Å². The fourth-order valence-corrected chi connectivity index (χ4v) is 2.86. The minimum absolute atomic E-state index is 0.141. The summed E-state index contributed by atoms with van der Waals surface area (Å²) in [5, 5.41) is 9.48. The van der Waals surface area contributed by atoms with Gasteiger partial charge >= 0.3 is 0 Å². The van der Waals surface area contributed by atoms with Crippen molar-refractivity contribution in [2.45, 2.75) is 11.5 Å². The Morgan fingerprint density at radius 1 is 1.21 bits per heavy atom. The van der Waals surface area contributed by atoms with Crippen LogP contribution in [-0.4, -0.2) is 57.0 Å². The van der Waals surface area contributed by atoms with Crippen molar-refractivity contribution >= 4 is 21.6 Å². The average Bonchev–Trinajstić information content (AvgIpc) is 2.35. The predicted octanol–water partition coefficient (Wildman–Crippen LogP) is 1.01. The maximum atomic E-state index is 12.3. The zero-order valence-electron chi connectivity index (χ0n) is 11.3. The summed E-state index contributed by atoms with van der Waals surface area (Å²) in [6.07, 6.45) is 0. The van der Waals surface area contributed by atoms with Crippen molar-refractivity contribution in [1.29, 1.82) is 0 Å². The summed E-state index contributed by atoms with van der Waals surface area (Å²) in [7, 11) is 1.75. The van der Waals surface area contributed by atoms with E-state index >= 15 is 0 Å².